The molecular weight excluding hydrogens is 202 g/mol. The molecule has 0 aliphatic rings. The number of hydrogen-bond donors (Lipinski definition) is 2. The first-order valence-corrected chi connectivity index (χ1v) is 5.62. The van der Waals surface area contributed by atoms with Gasteiger partial charge in [0.25, 0.3) is 0 Å². The summed E-state index contributed by atoms with van der Waals surface area (Å²) in [5.41, 5.74) is 0. The van der Waals surface area contributed by atoms with E-state index in [1.54, 1.807) is 12.4 Å². The molecule has 0 aliphatic carbocycles. The van der Waals surface area contributed by atoms with Gasteiger partial charge in [-0.15, -0.1) is 0 Å². The number of H-pyrrole nitrogens is 1. The van der Waals surface area contributed by atoms with E-state index in [9.17, 15) is 0 Å². The number of nitrogens with zero attached hydrogens (tertiary/aromatic N) is 3. The second-order valence-electron chi connectivity index (χ2n) is 3.62. The predicted molar refractivity (Wildman–Crippen MR) is 63.1 cm³/mol. The fourth-order valence-corrected chi connectivity index (χ4v) is 1.69. The Hall–Kier alpha value is -1.78. The van der Waals surface area contributed by atoms with Gasteiger partial charge in [0, 0.05) is 31.3 Å². The van der Waals surface area contributed by atoms with Gasteiger partial charge in [-0.25, -0.2) is 9.97 Å². The maximum absolute atomic E-state index is 4.29. The summed E-state index contributed by atoms with van der Waals surface area (Å²) in [6, 6.07) is 0.183. The lowest BCUT2D eigenvalue weighted by atomic mass is 10.2. The minimum atomic E-state index is 0.183. The molecule has 0 aliphatic heterocycles. The monoisotopic (exact) mass is 219 g/mol. The molecule has 2 N–H and O–H groups in total. The van der Waals surface area contributed by atoms with Crippen molar-refractivity contribution in [1.82, 2.24) is 19.5 Å². The molecule has 2 aromatic heterocycles. The zero-order valence-corrected chi connectivity index (χ0v) is 9.64. The van der Waals surface area contributed by atoms with Crippen molar-refractivity contribution >= 4 is 5.95 Å². The topological polar surface area (TPSA) is 58.5 Å². The van der Waals surface area contributed by atoms with Gasteiger partial charge in [-0.3, -0.25) is 0 Å². The molecule has 0 bridgehead atoms. The number of rotatable bonds is 5. The maximum Gasteiger partial charge on any atom is 0.203 e. The lowest BCUT2D eigenvalue weighted by Gasteiger charge is -2.16. The normalized spacial score (nSPS) is 12.6. The van der Waals surface area contributed by atoms with Crippen molar-refractivity contribution in [3.8, 4) is 0 Å². The molecule has 5 heteroatoms. The van der Waals surface area contributed by atoms with E-state index >= 15 is 0 Å². The van der Waals surface area contributed by atoms with Crippen LogP contribution in [0.1, 0.15) is 32.1 Å². The van der Waals surface area contributed by atoms with E-state index in [1.807, 2.05) is 12.4 Å². The summed E-state index contributed by atoms with van der Waals surface area (Å²) in [5, 5.41) is 3.39. The van der Waals surface area contributed by atoms with Crippen LogP contribution in [0.2, 0.25) is 0 Å². The predicted octanol–water partition coefficient (Wildman–Crippen LogP) is 2.19. The first-order valence-electron chi connectivity index (χ1n) is 5.62. The summed E-state index contributed by atoms with van der Waals surface area (Å²) in [7, 11) is 0. The summed E-state index contributed by atoms with van der Waals surface area (Å²) in [6.07, 6.45) is 8.35. The minimum absolute atomic E-state index is 0.183. The van der Waals surface area contributed by atoms with E-state index in [4.69, 9.17) is 0 Å². The molecule has 2 aromatic rings. The Morgan fingerprint density at radius 3 is 2.88 bits per heavy atom. The van der Waals surface area contributed by atoms with E-state index in [0.717, 1.165) is 24.7 Å². The molecule has 0 amide bonds. The third-order valence-electron chi connectivity index (χ3n) is 2.62. The molecule has 0 aromatic carbocycles. The zero-order valence-electron chi connectivity index (χ0n) is 9.64. The maximum atomic E-state index is 4.29. The molecule has 86 valence electrons. The highest BCUT2D eigenvalue weighted by molar-refractivity contribution is 5.29. The summed E-state index contributed by atoms with van der Waals surface area (Å²) < 4.78 is 2.08. The molecule has 1 atom stereocenters. The Morgan fingerprint density at radius 1 is 1.38 bits per heavy atom. The SMILES string of the molecule is CCC(Nc1nccn1CC)c1ncc[nH]1. The second kappa shape index (κ2) is 4.83. The van der Waals surface area contributed by atoms with Crippen LogP contribution >= 0.6 is 0 Å². The van der Waals surface area contributed by atoms with Crippen LogP contribution in [0, 0.1) is 0 Å². The van der Waals surface area contributed by atoms with E-state index in [0.29, 0.717) is 0 Å². The minimum Gasteiger partial charge on any atom is -0.347 e. The Kier molecular flexibility index (Phi) is 3.24. The number of aryl methyl sites for hydroxylation is 1. The number of hydrogen-bond acceptors (Lipinski definition) is 3. The van der Waals surface area contributed by atoms with Gasteiger partial charge in [0.15, 0.2) is 0 Å². The highest BCUT2D eigenvalue weighted by Crippen LogP contribution is 2.18. The lowest BCUT2D eigenvalue weighted by Crippen LogP contribution is -2.14. The van der Waals surface area contributed by atoms with Crippen LogP contribution in [-0.4, -0.2) is 19.5 Å². The molecule has 0 saturated heterocycles. The average molecular weight is 219 g/mol. The van der Waals surface area contributed by atoms with Crippen LogP contribution in [-0.2, 0) is 6.54 Å². The molecule has 0 saturated carbocycles. The van der Waals surface area contributed by atoms with Crippen molar-refractivity contribution in [2.75, 3.05) is 5.32 Å². The molecule has 1 unspecified atom stereocenters. The van der Waals surface area contributed by atoms with Crippen LogP contribution in [0.25, 0.3) is 0 Å². The Labute approximate surface area is 94.9 Å². The summed E-state index contributed by atoms with van der Waals surface area (Å²) in [5.74, 6) is 1.85. The summed E-state index contributed by atoms with van der Waals surface area (Å²) in [4.78, 5) is 11.7. The van der Waals surface area contributed by atoms with Crippen LogP contribution in [0.15, 0.2) is 24.8 Å². The van der Waals surface area contributed by atoms with Crippen molar-refractivity contribution in [2.45, 2.75) is 32.9 Å². The zero-order chi connectivity index (χ0) is 11.4. The van der Waals surface area contributed by atoms with Crippen molar-refractivity contribution < 1.29 is 0 Å². The number of imidazole rings is 2. The Balaban J connectivity index is 2.13. The fourth-order valence-electron chi connectivity index (χ4n) is 1.69. The number of anilines is 1. The number of aromatic amines is 1. The largest absolute Gasteiger partial charge is 0.347 e. The van der Waals surface area contributed by atoms with Gasteiger partial charge >= 0.3 is 0 Å². The standard InChI is InChI=1S/C11H17N5/c1-3-9(10-12-5-6-13-10)15-11-14-7-8-16(11)4-2/h5-9H,3-4H2,1-2H3,(H,12,13)(H,14,15). The average Bonchev–Trinajstić information content (AvgIpc) is 2.96. The molecule has 0 radical (unpaired) electrons. The smallest absolute Gasteiger partial charge is 0.203 e. The van der Waals surface area contributed by atoms with Crippen LogP contribution in [0.4, 0.5) is 5.95 Å². The third-order valence-corrected chi connectivity index (χ3v) is 2.62. The summed E-state index contributed by atoms with van der Waals surface area (Å²) in [6.45, 7) is 5.14. The lowest BCUT2D eigenvalue weighted by molar-refractivity contribution is 0.674. The fraction of sp³-hybridized carbons (Fsp3) is 0.455. The van der Waals surface area contributed by atoms with Gasteiger partial charge in [-0.05, 0) is 13.3 Å². The molecular formula is C11H17N5. The Bertz CT molecular complexity index is 417. The number of nitrogens with one attached hydrogen (secondary N) is 2. The Morgan fingerprint density at radius 2 is 2.25 bits per heavy atom. The number of aromatic nitrogens is 4. The third kappa shape index (κ3) is 2.08. The van der Waals surface area contributed by atoms with Crippen LogP contribution in [0.3, 0.4) is 0 Å². The first kappa shape index (κ1) is 10.7. The first-order chi connectivity index (χ1) is 7.85. The van der Waals surface area contributed by atoms with Gasteiger partial charge < -0.3 is 14.9 Å². The summed E-state index contributed by atoms with van der Waals surface area (Å²) >= 11 is 0. The van der Waals surface area contributed by atoms with Gasteiger partial charge in [-0.1, -0.05) is 6.92 Å². The van der Waals surface area contributed by atoms with Crippen LogP contribution < -0.4 is 5.32 Å². The molecule has 0 spiro atoms. The molecule has 16 heavy (non-hydrogen) atoms. The molecule has 0 fully saturated rings. The van der Waals surface area contributed by atoms with Crippen LogP contribution in [0.5, 0.6) is 0 Å². The van der Waals surface area contributed by atoms with E-state index in [2.05, 4.69) is 38.7 Å². The van der Waals surface area contributed by atoms with Crippen molar-refractivity contribution in [1.29, 1.82) is 0 Å². The van der Waals surface area contributed by atoms with Gasteiger partial charge in [0.2, 0.25) is 5.95 Å². The molecule has 2 heterocycles. The van der Waals surface area contributed by atoms with Gasteiger partial charge in [0.1, 0.15) is 5.82 Å². The second-order valence-corrected chi connectivity index (χ2v) is 3.62. The van der Waals surface area contributed by atoms with E-state index in [-0.39, 0.29) is 6.04 Å². The highest BCUT2D eigenvalue weighted by Gasteiger charge is 2.13. The highest BCUT2D eigenvalue weighted by atomic mass is 15.2. The van der Waals surface area contributed by atoms with Gasteiger partial charge in [0.05, 0.1) is 6.04 Å². The van der Waals surface area contributed by atoms with Crippen molar-refractivity contribution in [2.24, 2.45) is 0 Å². The van der Waals surface area contributed by atoms with E-state index in [1.165, 1.54) is 0 Å². The van der Waals surface area contributed by atoms with E-state index < -0.39 is 0 Å². The van der Waals surface area contributed by atoms with Gasteiger partial charge in [-0.2, -0.15) is 0 Å². The van der Waals surface area contributed by atoms with Crippen molar-refractivity contribution in [3.05, 3.63) is 30.6 Å². The van der Waals surface area contributed by atoms with Crippen molar-refractivity contribution in [3.63, 3.8) is 0 Å². The quantitative estimate of drug-likeness (QED) is 0.810. The molecule has 2 rings (SSSR count). The molecule has 5 nitrogen and oxygen atoms in total.